The van der Waals surface area contributed by atoms with Crippen LogP contribution in [0.2, 0.25) is 0 Å². The average molecular weight is 222 g/mol. The number of ketones is 1. The van der Waals surface area contributed by atoms with Crippen molar-refractivity contribution < 1.29 is 13.9 Å². The van der Waals surface area contributed by atoms with Gasteiger partial charge in [-0.25, -0.2) is 4.39 Å². The first-order valence-electron chi connectivity index (χ1n) is 5.47. The molecule has 1 aromatic carbocycles. The Morgan fingerprint density at radius 2 is 2.25 bits per heavy atom. The van der Waals surface area contributed by atoms with Crippen LogP contribution in [0.1, 0.15) is 18.9 Å². The van der Waals surface area contributed by atoms with E-state index in [9.17, 15) is 9.18 Å². The summed E-state index contributed by atoms with van der Waals surface area (Å²) in [6, 6.07) is 4.91. The van der Waals surface area contributed by atoms with Crippen LogP contribution in [-0.2, 0) is 11.2 Å². The Balaban J connectivity index is 2.12. The van der Waals surface area contributed by atoms with Gasteiger partial charge in [0.05, 0.1) is 7.11 Å². The molecule has 86 valence electrons. The summed E-state index contributed by atoms with van der Waals surface area (Å²) in [5.41, 5.74) is 0.434. The monoisotopic (exact) mass is 222 g/mol. The van der Waals surface area contributed by atoms with Crippen LogP contribution >= 0.6 is 0 Å². The van der Waals surface area contributed by atoms with Crippen LogP contribution in [0, 0.1) is 17.7 Å². The Morgan fingerprint density at radius 1 is 1.56 bits per heavy atom. The zero-order chi connectivity index (χ0) is 11.7. The Labute approximate surface area is 94.4 Å². The van der Waals surface area contributed by atoms with Gasteiger partial charge in [-0.2, -0.15) is 0 Å². The van der Waals surface area contributed by atoms with Gasteiger partial charge in [0.2, 0.25) is 0 Å². The molecule has 0 amide bonds. The van der Waals surface area contributed by atoms with Crippen LogP contribution in [0.3, 0.4) is 0 Å². The Kier molecular flexibility index (Phi) is 2.95. The van der Waals surface area contributed by atoms with E-state index < -0.39 is 5.82 Å². The van der Waals surface area contributed by atoms with Crippen molar-refractivity contribution in [1.29, 1.82) is 0 Å². The highest BCUT2D eigenvalue weighted by Gasteiger charge is 2.38. The van der Waals surface area contributed by atoms with Crippen LogP contribution in [0.4, 0.5) is 4.39 Å². The van der Waals surface area contributed by atoms with Crippen molar-refractivity contribution >= 4 is 5.78 Å². The minimum absolute atomic E-state index is 0.139. The third-order valence-electron chi connectivity index (χ3n) is 3.15. The molecule has 0 N–H and O–H groups in total. The van der Waals surface area contributed by atoms with Crippen LogP contribution < -0.4 is 4.74 Å². The van der Waals surface area contributed by atoms with Gasteiger partial charge in [-0.15, -0.1) is 0 Å². The first-order chi connectivity index (χ1) is 7.63. The van der Waals surface area contributed by atoms with E-state index in [0.717, 1.165) is 6.42 Å². The Bertz CT molecular complexity index is 414. The lowest BCUT2D eigenvalue weighted by Crippen LogP contribution is -2.08. The maximum atomic E-state index is 13.7. The van der Waals surface area contributed by atoms with Gasteiger partial charge in [-0.3, -0.25) is 4.79 Å². The number of hydrogen-bond donors (Lipinski definition) is 0. The van der Waals surface area contributed by atoms with E-state index in [1.807, 2.05) is 6.92 Å². The predicted molar refractivity (Wildman–Crippen MR) is 58.9 cm³/mol. The van der Waals surface area contributed by atoms with Gasteiger partial charge in [0.25, 0.3) is 0 Å². The van der Waals surface area contributed by atoms with E-state index >= 15 is 0 Å². The molecule has 1 aromatic rings. The topological polar surface area (TPSA) is 26.3 Å². The van der Waals surface area contributed by atoms with E-state index in [1.165, 1.54) is 7.11 Å². The molecule has 3 heteroatoms. The molecule has 0 saturated heterocycles. The number of ether oxygens (including phenoxy) is 1. The number of benzene rings is 1. The third kappa shape index (κ3) is 2.08. The van der Waals surface area contributed by atoms with Gasteiger partial charge >= 0.3 is 0 Å². The summed E-state index contributed by atoms with van der Waals surface area (Å²) in [4.78, 5) is 11.7. The van der Waals surface area contributed by atoms with Crippen molar-refractivity contribution in [3.63, 3.8) is 0 Å². The number of carbonyl (C=O) groups is 1. The molecule has 1 fully saturated rings. The van der Waals surface area contributed by atoms with Crippen molar-refractivity contribution in [3.05, 3.63) is 29.6 Å². The quantitative estimate of drug-likeness (QED) is 0.782. The number of hydrogen-bond acceptors (Lipinski definition) is 2. The Morgan fingerprint density at radius 3 is 2.81 bits per heavy atom. The lowest BCUT2D eigenvalue weighted by atomic mass is 10.0. The van der Waals surface area contributed by atoms with Crippen molar-refractivity contribution in [3.8, 4) is 5.75 Å². The molecule has 0 aromatic heterocycles. The Hall–Kier alpha value is -1.38. The zero-order valence-electron chi connectivity index (χ0n) is 9.50. The normalized spacial score (nSPS) is 22.9. The van der Waals surface area contributed by atoms with E-state index in [2.05, 4.69) is 0 Å². The summed E-state index contributed by atoms with van der Waals surface area (Å²) in [6.07, 6.45) is 1.13. The summed E-state index contributed by atoms with van der Waals surface area (Å²) in [5.74, 6) is 0.548. The molecule has 0 bridgehead atoms. The highest BCUT2D eigenvalue weighted by atomic mass is 19.1. The minimum atomic E-state index is -0.411. The number of methoxy groups -OCH3 is 1. The van der Waals surface area contributed by atoms with Gasteiger partial charge in [0, 0.05) is 12.3 Å². The third-order valence-corrected chi connectivity index (χ3v) is 3.15. The molecule has 2 nitrogen and oxygen atoms in total. The first-order valence-corrected chi connectivity index (χ1v) is 5.47. The highest BCUT2D eigenvalue weighted by Crippen LogP contribution is 2.39. The van der Waals surface area contributed by atoms with Crippen molar-refractivity contribution in [1.82, 2.24) is 0 Å². The predicted octanol–water partition coefficient (Wildman–Crippen LogP) is 2.60. The largest absolute Gasteiger partial charge is 0.494 e. The van der Waals surface area contributed by atoms with E-state index in [1.54, 1.807) is 18.2 Å². The SMILES string of the molecule is COc1cccc(CC(=O)C2CC2C)c1F. The molecule has 0 spiro atoms. The molecule has 2 rings (SSSR count). The summed E-state index contributed by atoms with van der Waals surface area (Å²) >= 11 is 0. The van der Waals surface area contributed by atoms with E-state index in [4.69, 9.17) is 4.74 Å². The zero-order valence-corrected chi connectivity index (χ0v) is 9.50. The van der Waals surface area contributed by atoms with Crippen molar-refractivity contribution in [2.75, 3.05) is 7.11 Å². The molecule has 0 heterocycles. The summed E-state index contributed by atoms with van der Waals surface area (Å²) in [5, 5.41) is 0. The maximum absolute atomic E-state index is 13.7. The van der Waals surface area contributed by atoms with Crippen LogP contribution in [-0.4, -0.2) is 12.9 Å². The number of Topliss-reactive ketones (excluding diaryl/α,β-unsaturated/α-hetero) is 1. The first kappa shape index (κ1) is 11.1. The molecule has 1 aliphatic carbocycles. The number of halogens is 1. The molecule has 0 radical (unpaired) electrons. The summed E-state index contributed by atoms with van der Waals surface area (Å²) < 4.78 is 18.6. The fraction of sp³-hybridized carbons (Fsp3) is 0.462. The standard InChI is InChI=1S/C13H15FO2/c1-8-6-10(8)11(15)7-9-4-3-5-12(16-2)13(9)14/h3-5,8,10H,6-7H2,1-2H3. The molecular formula is C13H15FO2. The van der Waals surface area contributed by atoms with Crippen LogP contribution in [0.15, 0.2) is 18.2 Å². The van der Waals surface area contributed by atoms with Crippen molar-refractivity contribution in [2.45, 2.75) is 19.8 Å². The molecule has 16 heavy (non-hydrogen) atoms. The highest BCUT2D eigenvalue weighted by molar-refractivity contribution is 5.85. The second kappa shape index (κ2) is 4.24. The molecule has 2 atom stereocenters. The smallest absolute Gasteiger partial charge is 0.168 e. The van der Waals surface area contributed by atoms with Gasteiger partial charge in [-0.05, 0) is 24.0 Å². The van der Waals surface area contributed by atoms with Gasteiger partial charge < -0.3 is 4.74 Å². The second-order valence-electron chi connectivity index (χ2n) is 4.40. The number of carbonyl (C=O) groups excluding carboxylic acids is 1. The number of rotatable bonds is 4. The average Bonchev–Trinajstić information content (AvgIpc) is 2.99. The molecule has 0 aliphatic heterocycles. The lowest BCUT2D eigenvalue weighted by Gasteiger charge is -2.06. The summed E-state index contributed by atoms with van der Waals surface area (Å²) in [6.45, 7) is 2.05. The van der Waals surface area contributed by atoms with Crippen molar-refractivity contribution in [2.24, 2.45) is 11.8 Å². The van der Waals surface area contributed by atoms with Gasteiger partial charge in [0.1, 0.15) is 5.78 Å². The summed E-state index contributed by atoms with van der Waals surface area (Å²) in [7, 11) is 1.42. The van der Waals surface area contributed by atoms with E-state index in [-0.39, 0.29) is 23.9 Å². The molecule has 1 saturated carbocycles. The van der Waals surface area contributed by atoms with Crippen LogP contribution in [0.25, 0.3) is 0 Å². The fourth-order valence-electron chi connectivity index (χ4n) is 1.94. The molecular weight excluding hydrogens is 207 g/mol. The molecule has 1 aliphatic rings. The van der Waals surface area contributed by atoms with Gasteiger partial charge in [0.15, 0.2) is 11.6 Å². The maximum Gasteiger partial charge on any atom is 0.168 e. The second-order valence-corrected chi connectivity index (χ2v) is 4.40. The van der Waals surface area contributed by atoms with E-state index in [0.29, 0.717) is 11.5 Å². The van der Waals surface area contributed by atoms with Crippen LogP contribution in [0.5, 0.6) is 5.75 Å². The fourth-order valence-corrected chi connectivity index (χ4v) is 1.94. The van der Waals surface area contributed by atoms with Gasteiger partial charge in [-0.1, -0.05) is 19.1 Å². The molecule has 2 unspecified atom stereocenters. The minimum Gasteiger partial charge on any atom is -0.494 e. The lowest BCUT2D eigenvalue weighted by molar-refractivity contribution is -0.119.